The molecule has 1 aromatic carbocycles. The zero-order chi connectivity index (χ0) is 17.1. The summed E-state index contributed by atoms with van der Waals surface area (Å²) in [5.74, 6) is 2.15. The first-order valence-corrected chi connectivity index (χ1v) is 8.97. The first kappa shape index (κ1) is 17.4. The summed E-state index contributed by atoms with van der Waals surface area (Å²) in [6.45, 7) is 6.79. The number of methoxy groups -OCH3 is 3. The quantitative estimate of drug-likeness (QED) is 0.799. The van der Waals surface area contributed by atoms with Gasteiger partial charge in [-0.15, -0.1) is 0 Å². The van der Waals surface area contributed by atoms with Gasteiger partial charge in [0, 0.05) is 25.2 Å². The average Bonchev–Trinajstić information content (AvgIpc) is 2.87. The van der Waals surface area contributed by atoms with Gasteiger partial charge >= 0.3 is 0 Å². The molecule has 1 aromatic rings. The molecule has 2 fully saturated rings. The Labute approximate surface area is 145 Å². The minimum atomic E-state index is 0.663. The number of benzene rings is 1. The fraction of sp³-hybridized carbons (Fsp3) is 0.684. The molecule has 2 aliphatic heterocycles. The highest BCUT2D eigenvalue weighted by atomic mass is 16.5. The number of likely N-dealkylation sites (N-methyl/N-ethyl adjacent to an activating group) is 1. The van der Waals surface area contributed by atoms with Crippen LogP contribution in [-0.4, -0.2) is 62.8 Å². The zero-order valence-corrected chi connectivity index (χ0v) is 15.4. The van der Waals surface area contributed by atoms with Crippen molar-refractivity contribution in [3.05, 3.63) is 17.7 Å². The van der Waals surface area contributed by atoms with E-state index in [0.29, 0.717) is 17.8 Å². The minimum Gasteiger partial charge on any atom is -0.493 e. The monoisotopic (exact) mass is 334 g/mol. The Bertz CT molecular complexity index is 539. The number of likely N-dealkylation sites (tertiary alicyclic amines) is 1. The molecular formula is C19H30N2O3. The standard InChI is InChI=1S/C19H30N2O3/c1-5-20-9-8-15-6-7-16(13-20)21(15)12-14-10-17(22-2)19(24-4)18(11-14)23-3/h10-11,15-16H,5-9,12-13H2,1-4H3/t15-,16+/m1/s1. The number of fused-ring (bicyclic) bond motifs is 2. The van der Waals surface area contributed by atoms with Crippen molar-refractivity contribution >= 4 is 0 Å². The summed E-state index contributed by atoms with van der Waals surface area (Å²) in [6.07, 6.45) is 3.91. The van der Waals surface area contributed by atoms with Gasteiger partial charge in [0.25, 0.3) is 0 Å². The Morgan fingerprint density at radius 3 is 2.21 bits per heavy atom. The van der Waals surface area contributed by atoms with Crippen LogP contribution in [-0.2, 0) is 6.54 Å². The van der Waals surface area contributed by atoms with Crippen molar-refractivity contribution in [1.29, 1.82) is 0 Å². The average molecular weight is 334 g/mol. The lowest BCUT2D eigenvalue weighted by Crippen LogP contribution is -2.38. The van der Waals surface area contributed by atoms with E-state index < -0.39 is 0 Å². The molecule has 0 aromatic heterocycles. The Morgan fingerprint density at radius 1 is 0.958 bits per heavy atom. The summed E-state index contributed by atoms with van der Waals surface area (Å²) in [5.41, 5.74) is 1.23. The van der Waals surface area contributed by atoms with Gasteiger partial charge in [-0.3, -0.25) is 4.90 Å². The van der Waals surface area contributed by atoms with Gasteiger partial charge in [0.1, 0.15) is 0 Å². The van der Waals surface area contributed by atoms with E-state index in [1.54, 1.807) is 21.3 Å². The van der Waals surface area contributed by atoms with E-state index >= 15 is 0 Å². The van der Waals surface area contributed by atoms with Crippen LogP contribution in [0.4, 0.5) is 0 Å². The van der Waals surface area contributed by atoms with Gasteiger partial charge in [0.2, 0.25) is 5.75 Å². The topological polar surface area (TPSA) is 34.2 Å². The predicted molar refractivity (Wildman–Crippen MR) is 95.2 cm³/mol. The minimum absolute atomic E-state index is 0.663. The van der Waals surface area contributed by atoms with Gasteiger partial charge in [-0.25, -0.2) is 0 Å². The van der Waals surface area contributed by atoms with Crippen molar-refractivity contribution < 1.29 is 14.2 Å². The zero-order valence-electron chi connectivity index (χ0n) is 15.4. The number of ether oxygens (including phenoxy) is 3. The van der Waals surface area contributed by atoms with Gasteiger partial charge in [0.05, 0.1) is 21.3 Å². The van der Waals surface area contributed by atoms with Crippen molar-refractivity contribution in [2.45, 2.75) is 44.8 Å². The fourth-order valence-corrected chi connectivity index (χ4v) is 4.22. The number of rotatable bonds is 6. The van der Waals surface area contributed by atoms with Crippen LogP contribution in [0.2, 0.25) is 0 Å². The molecule has 5 nitrogen and oxygen atoms in total. The van der Waals surface area contributed by atoms with Crippen LogP contribution in [0.5, 0.6) is 17.2 Å². The highest BCUT2D eigenvalue weighted by Crippen LogP contribution is 2.39. The lowest BCUT2D eigenvalue weighted by Gasteiger charge is -2.29. The lowest BCUT2D eigenvalue weighted by atomic mass is 10.1. The van der Waals surface area contributed by atoms with Gasteiger partial charge in [-0.05, 0) is 50.0 Å². The summed E-state index contributed by atoms with van der Waals surface area (Å²) in [6, 6.07) is 5.54. The van der Waals surface area contributed by atoms with Crippen LogP contribution >= 0.6 is 0 Å². The van der Waals surface area contributed by atoms with E-state index in [0.717, 1.165) is 24.6 Å². The van der Waals surface area contributed by atoms with Gasteiger partial charge in [-0.2, -0.15) is 0 Å². The largest absolute Gasteiger partial charge is 0.493 e. The molecule has 2 atom stereocenters. The van der Waals surface area contributed by atoms with Crippen molar-refractivity contribution in [1.82, 2.24) is 9.80 Å². The molecule has 0 saturated carbocycles. The molecule has 2 saturated heterocycles. The predicted octanol–water partition coefficient (Wildman–Crippen LogP) is 2.77. The van der Waals surface area contributed by atoms with Crippen LogP contribution in [0.15, 0.2) is 12.1 Å². The third-order valence-electron chi connectivity index (χ3n) is 5.56. The van der Waals surface area contributed by atoms with E-state index in [9.17, 15) is 0 Å². The summed E-state index contributed by atoms with van der Waals surface area (Å²) < 4.78 is 16.4. The lowest BCUT2D eigenvalue weighted by molar-refractivity contribution is 0.178. The first-order valence-electron chi connectivity index (χ1n) is 8.97. The van der Waals surface area contributed by atoms with E-state index in [-0.39, 0.29) is 0 Å². The van der Waals surface area contributed by atoms with Gasteiger partial charge < -0.3 is 19.1 Å². The highest BCUT2D eigenvalue weighted by Gasteiger charge is 2.36. The van der Waals surface area contributed by atoms with Crippen molar-refractivity contribution in [3.63, 3.8) is 0 Å². The molecule has 134 valence electrons. The maximum Gasteiger partial charge on any atom is 0.203 e. The highest BCUT2D eigenvalue weighted by molar-refractivity contribution is 5.53. The van der Waals surface area contributed by atoms with Crippen LogP contribution in [0.25, 0.3) is 0 Å². The van der Waals surface area contributed by atoms with Crippen LogP contribution in [0, 0.1) is 0 Å². The molecular weight excluding hydrogens is 304 g/mol. The maximum atomic E-state index is 5.51. The molecule has 0 spiro atoms. The van der Waals surface area contributed by atoms with E-state index in [1.165, 1.54) is 37.9 Å². The normalized spacial score (nSPS) is 24.7. The SMILES string of the molecule is CCN1CC[C@H]2CC[C@@H](C1)N2Cc1cc(OC)c(OC)c(OC)c1. The number of hydrogen-bond acceptors (Lipinski definition) is 5. The summed E-state index contributed by atoms with van der Waals surface area (Å²) in [4.78, 5) is 5.28. The maximum absolute atomic E-state index is 5.51. The second-order valence-electron chi connectivity index (χ2n) is 6.77. The number of nitrogens with zero attached hydrogens (tertiary/aromatic N) is 2. The van der Waals surface area contributed by atoms with Crippen LogP contribution in [0.1, 0.15) is 31.7 Å². The van der Waals surface area contributed by atoms with E-state index in [2.05, 4.69) is 28.9 Å². The van der Waals surface area contributed by atoms with Crippen LogP contribution < -0.4 is 14.2 Å². The Kier molecular flexibility index (Phi) is 5.51. The van der Waals surface area contributed by atoms with E-state index in [1.807, 2.05) is 0 Å². The Hall–Kier alpha value is -1.46. The summed E-state index contributed by atoms with van der Waals surface area (Å²) in [5, 5.41) is 0. The summed E-state index contributed by atoms with van der Waals surface area (Å²) in [7, 11) is 5.00. The van der Waals surface area contributed by atoms with Crippen LogP contribution in [0.3, 0.4) is 0 Å². The molecule has 5 heteroatoms. The summed E-state index contributed by atoms with van der Waals surface area (Å²) >= 11 is 0. The third-order valence-corrected chi connectivity index (χ3v) is 5.56. The molecule has 0 aliphatic carbocycles. The number of hydrogen-bond donors (Lipinski definition) is 0. The van der Waals surface area contributed by atoms with Gasteiger partial charge in [0.15, 0.2) is 11.5 Å². The molecule has 0 radical (unpaired) electrons. The third kappa shape index (κ3) is 3.33. The molecule has 2 aliphatic rings. The molecule has 3 rings (SSSR count). The fourth-order valence-electron chi connectivity index (χ4n) is 4.22. The molecule has 24 heavy (non-hydrogen) atoms. The molecule has 2 bridgehead atoms. The van der Waals surface area contributed by atoms with Crippen molar-refractivity contribution in [2.75, 3.05) is 41.0 Å². The van der Waals surface area contributed by atoms with Crippen molar-refractivity contribution in [2.24, 2.45) is 0 Å². The molecule has 2 heterocycles. The van der Waals surface area contributed by atoms with Gasteiger partial charge in [-0.1, -0.05) is 6.92 Å². The smallest absolute Gasteiger partial charge is 0.203 e. The van der Waals surface area contributed by atoms with E-state index in [4.69, 9.17) is 14.2 Å². The first-order chi connectivity index (χ1) is 11.7. The molecule has 0 unspecified atom stereocenters. The molecule has 0 amide bonds. The van der Waals surface area contributed by atoms with Crippen molar-refractivity contribution in [3.8, 4) is 17.2 Å². The Morgan fingerprint density at radius 2 is 1.62 bits per heavy atom. The second-order valence-corrected chi connectivity index (χ2v) is 6.77. The second kappa shape index (κ2) is 7.62. The Balaban J connectivity index is 1.83. The molecule has 0 N–H and O–H groups in total.